The van der Waals surface area contributed by atoms with E-state index in [-0.39, 0.29) is 24.2 Å². The highest BCUT2D eigenvalue weighted by atomic mass is 19.4. The molecule has 1 heterocycles. The monoisotopic (exact) mass is 330 g/mol. The fraction of sp³-hybridized carbons (Fsp3) is 0.562. The molecule has 0 saturated carbocycles. The number of alkyl halides is 3. The maximum Gasteiger partial charge on any atom is 0.573 e. The lowest BCUT2D eigenvalue weighted by atomic mass is 10.1. The lowest BCUT2D eigenvalue weighted by Gasteiger charge is -2.26. The van der Waals surface area contributed by atoms with Crippen LogP contribution in [0.3, 0.4) is 0 Å². The summed E-state index contributed by atoms with van der Waals surface area (Å²) in [4.78, 5) is 13.7. The molecule has 0 bridgehead atoms. The van der Waals surface area contributed by atoms with Gasteiger partial charge in [-0.3, -0.25) is 4.79 Å². The van der Waals surface area contributed by atoms with Crippen LogP contribution in [-0.2, 0) is 11.3 Å². The highest BCUT2D eigenvalue weighted by molar-refractivity contribution is 5.78. The topological polar surface area (TPSA) is 41.6 Å². The number of ether oxygens (including phenoxy) is 1. The number of halogens is 3. The molecule has 1 unspecified atom stereocenters. The van der Waals surface area contributed by atoms with Crippen molar-refractivity contribution in [3.05, 3.63) is 29.8 Å². The summed E-state index contributed by atoms with van der Waals surface area (Å²) < 4.78 is 41.5. The van der Waals surface area contributed by atoms with Gasteiger partial charge in [0.2, 0.25) is 5.91 Å². The lowest BCUT2D eigenvalue weighted by molar-refractivity contribution is -0.275. The fourth-order valence-electron chi connectivity index (χ4n) is 2.80. The molecule has 7 heteroatoms. The van der Waals surface area contributed by atoms with Crippen molar-refractivity contribution in [3.8, 4) is 5.75 Å². The van der Waals surface area contributed by atoms with E-state index < -0.39 is 6.36 Å². The van der Waals surface area contributed by atoms with E-state index in [0.29, 0.717) is 12.0 Å². The number of benzene rings is 1. The van der Waals surface area contributed by atoms with E-state index in [0.717, 1.165) is 25.9 Å². The standard InChI is InChI=1S/C16H21F3N2O2/c1-2-20-10-9-13-7-8-15(22)21(13)11-12-5-3-4-6-14(12)23-16(17,18)19/h3-6,13,20H,2,7-11H2,1H3. The van der Waals surface area contributed by atoms with E-state index in [1.165, 1.54) is 12.1 Å². The van der Waals surface area contributed by atoms with Crippen LogP contribution in [0.4, 0.5) is 13.2 Å². The predicted molar refractivity (Wildman–Crippen MR) is 79.9 cm³/mol. The Morgan fingerprint density at radius 3 is 2.78 bits per heavy atom. The largest absolute Gasteiger partial charge is 0.573 e. The van der Waals surface area contributed by atoms with Gasteiger partial charge in [0.05, 0.1) is 0 Å². The molecule has 1 aromatic carbocycles. The average Bonchev–Trinajstić information content (AvgIpc) is 2.81. The Kier molecular flexibility index (Phi) is 5.87. The minimum atomic E-state index is -4.74. The van der Waals surface area contributed by atoms with Crippen molar-refractivity contribution >= 4 is 5.91 Å². The second-order valence-electron chi connectivity index (χ2n) is 5.51. The minimum Gasteiger partial charge on any atom is -0.405 e. The summed E-state index contributed by atoms with van der Waals surface area (Å²) in [7, 11) is 0. The minimum absolute atomic E-state index is 0.0201. The third-order valence-corrected chi connectivity index (χ3v) is 3.90. The van der Waals surface area contributed by atoms with Gasteiger partial charge in [0.1, 0.15) is 5.75 Å². The summed E-state index contributed by atoms with van der Waals surface area (Å²) in [5.74, 6) is -0.265. The smallest absolute Gasteiger partial charge is 0.405 e. The van der Waals surface area contributed by atoms with Crippen molar-refractivity contribution in [2.24, 2.45) is 0 Å². The molecule has 1 atom stereocenters. The van der Waals surface area contributed by atoms with E-state index >= 15 is 0 Å². The summed E-state index contributed by atoms with van der Waals surface area (Å²) in [6.07, 6.45) is -2.76. The number of hydrogen-bond acceptors (Lipinski definition) is 3. The van der Waals surface area contributed by atoms with Gasteiger partial charge in [-0.1, -0.05) is 25.1 Å². The molecule has 0 aromatic heterocycles. The van der Waals surface area contributed by atoms with Crippen molar-refractivity contribution in [2.75, 3.05) is 13.1 Å². The quantitative estimate of drug-likeness (QED) is 0.781. The molecule has 1 amide bonds. The molecule has 1 fully saturated rings. The summed E-state index contributed by atoms with van der Waals surface area (Å²) in [5, 5.41) is 3.21. The number of likely N-dealkylation sites (tertiary alicyclic amines) is 1. The molecule has 0 spiro atoms. The number of para-hydroxylation sites is 1. The maximum atomic E-state index is 12.5. The van der Waals surface area contributed by atoms with Crippen LogP contribution in [0.1, 0.15) is 31.7 Å². The first kappa shape index (κ1) is 17.6. The zero-order valence-electron chi connectivity index (χ0n) is 13.0. The van der Waals surface area contributed by atoms with Gasteiger partial charge in [0.15, 0.2) is 0 Å². The molecule has 1 aromatic rings. The van der Waals surface area contributed by atoms with E-state index in [1.54, 1.807) is 17.0 Å². The van der Waals surface area contributed by atoms with Crippen LogP contribution < -0.4 is 10.1 Å². The number of nitrogens with one attached hydrogen (secondary N) is 1. The second-order valence-corrected chi connectivity index (χ2v) is 5.51. The zero-order chi connectivity index (χ0) is 16.9. The number of nitrogens with zero attached hydrogens (tertiary/aromatic N) is 1. The van der Waals surface area contributed by atoms with Gasteiger partial charge in [-0.2, -0.15) is 0 Å². The molecule has 1 aliphatic heterocycles. The van der Waals surface area contributed by atoms with Gasteiger partial charge in [-0.05, 0) is 32.0 Å². The van der Waals surface area contributed by atoms with E-state index in [9.17, 15) is 18.0 Å². The van der Waals surface area contributed by atoms with Crippen molar-refractivity contribution in [1.82, 2.24) is 10.2 Å². The summed E-state index contributed by atoms with van der Waals surface area (Å²) in [5.41, 5.74) is 0.369. The number of hydrogen-bond donors (Lipinski definition) is 1. The van der Waals surface area contributed by atoms with Crippen LogP contribution in [0.5, 0.6) is 5.75 Å². The Hall–Kier alpha value is -1.76. The van der Waals surface area contributed by atoms with Crippen LogP contribution in [0.25, 0.3) is 0 Å². The predicted octanol–water partition coefficient (Wildman–Crippen LogP) is 3.08. The first-order chi connectivity index (χ1) is 10.9. The van der Waals surface area contributed by atoms with Crippen LogP contribution in [-0.4, -0.2) is 36.3 Å². The third kappa shape index (κ3) is 5.13. The van der Waals surface area contributed by atoms with Crippen LogP contribution in [0.2, 0.25) is 0 Å². The molecular formula is C16H21F3N2O2. The lowest BCUT2D eigenvalue weighted by Crippen LogP contribution is -2.35. The highest BCUT2D eigenvalue weighted by Crippen LogP contribution is 2.30. The number of carbonyl (C=O) groups excluding carboxylic acids is 1. The van der Waals surface area contributed by atoms with Gasteiger partial charge in [-0.15, -0.1) is 13.2 Å². The second kappa shape index (κ2) is 7.68. The Bertz CT molecular complexity index is 534. The Balaban J connectivity index is 2.08. The first-order valence-electron chi connectivity index (χ1n) is 7.74. The summed E-state index contributed by atoms with van der Waals surface area (Å²) in [6, 6.07) is 6.03. The molecule has 0 radical (unpaired) electrons. The van der Waals surface area contributed by atoms with Gasteiger partial charge < -0.3 is 15.0 Å². The number of rotatable bonds is 7. The molecule has 4 nitrogen and oxygen atoms in total. The zero-order valence-corrected chi connectivity index (χ0v) is 13.0. The van der Waals surface area contributed by atoms with Gasteiger partial charge >= 0.3 is 6.36 Å². The Morgan fingerprint density at radius 1 is 1.35 bits per heavy atom. The SMILES string of the molecule is CCNCCC1CCC(=O)N1Cc1ccccc1OC(F)(F)F. The van der Waals surface area contributed by atoms with E-state index in [4.69, 9.17) is 0 Å². The first-order valence-corrected chi connectivity index (χ1v) is 7.74. The average molecular weight is 330 g/mol. The molecule has 2 rings (SSSR count). The van der Waals surface area contributed by atoms with Crippen LogP contribution in [0, 0.1) is 0 Å². The summed E-state index contributed by atoms with van der Waals surface area (Å²) >= 11 is 0. The van der Waals surface area contributed by atoms with Gasteiger partial charge in [0, 0.05) is 24.6 Å². The molecule has 23 heavy (non-hydrogen) atoms. The van der Waals surface area contributed by atoms with Crippen molar-refractivity contribution in [2.45, 2.75) is 45.1 Å². The Morgan fingerprint density at radius 2 is 2.09 bits per heavy atom. The molecule has 1 aliphatic rings. The van der Waals surface area contributed by atoms with Crippen LogP contribution in [0.15, 0.2) is 24.3 Å². The number of amides is 1. The van der Waals surface area contributed by atoms with Crippen molar-refractivity contribution in [1.29, 1.82) is 0 Å². The molecule has 1 saturated heterocycles. The van der Waals surface area contributed by atoms with Crippen LogP contribution >= 0.6 is 0 Å². The molecule has 0 aliphatic carbocycles. The Labute approximate surface area is 133 Å². The molecule has 1 N–H and O–H groups in total. The normalized spacial score (nSPS) is 18.5. The fourth-order valence-corrected chi connectivity index (χ4v) is 2.80. The van der Waals surface area contributed by atoms with Crippen molar-refractivity contribution in [3.63, 3.8) is 0 Å². The highest BCUT2D eigenvalue weighted by Gasteiger charge is 2.34. The van der Waals surface area contributed by atoms with Crippen molar-refractivity contribution < 1.29 is 22.7 Å². The summed E-state index contributed by atoms with van der Waals surface area (Å²) in [6.45, 7) is 3.78. The molecular weight excluding hydrogens is 309 g/mol. The van der Waals surface area contributed by atoms with Gasteiger partial charge in [-0.25, -0.2) is 0 Å². The van der Waals surface area contributed by atoms with E-state index in [2.05, 4.69) is 10.1 Å². The molecule has 128 valence electrons. The van der Waals surface area contributed by atoms with Gasteiger partial charge in [0.25, 0.3) is 0 Å². The number of carbonyl (C=O) groups is 1. The maximum absolute atomic E-state index is 12.5. The van der Waals surface area contributed by atoms with E-state index in [1.807, 2.05) is 6.92 Å². The third-order valence-electron chi connectivity index (χ3n) is 3.90.